The zero-order valence-corrected chi connectivity index (χ0v) is 22.2. The molecule has 2 fully saturated rings. The van der Waals surface area contributed by atoms with Gasteiger partial charge in [0.1, 0.15) is 18.1 Å². The molecule has 2 aromatic rings. The van der Waals surface area contributed by atoms with E-state index in [4.69, 9.17) is 9.47 Å². The number of pyridine rings is 1. The highest BCUT2D eigenvalue weighted by Gasteiger charge is 2.34. The number of ether oxygens (including phenoxy) is 2. The van der Waals surface area contributed by atoms with E-state index in [-0.39, 0.29) is 24.4 Å². The van der Waals surface area contributed by atoms with Gasteiger partial charge in [-0.25, -0.2) is 9.37 Å². The second-order valence-corrected chi connectivity index (χ2v) is 10.6. The smallest absolute Gasteiger partial charge is 0.241 e. The van der Waals surface area contributed by atoms with Crippen molar-refractivity contribution < 1.29 is 23.8 Å². The summed E-state index contributed by atoms with van der Waals surface area (Å²) in [6, 6.07) is 9.05. The van der Waals surface area contributed by atoms with Crippen LogP contribution in [0.5, 0.6) is 5.88 Å². The molecule has 0 bridgehead atoms. The standard InChI is InChI=1S/C28H38FN5O4/c1-19-14-33(24(13-30-19)15-32-7-9-37-18-20(32)2)16-27(36)34-8-10-38-28-26(34)12-22(25(17-35)31-28)11-21-3-5-23(29)6-4-21/h3-6,12,19-20,24,30,35H,7-11,13-18H2,1-2H3/t19-,20-,24-/m1/s1. The topological polar surface area (TPSA) is 90.4 Å². The predicted molar refractivity (Wildman–Crippen MR) is 142 cm³/mol. The van der Waals surface area contributed by atoms with Crippen molar-refractivity contribution in [3.8, 4) is 5.88 Å². The SMILES string of the molecule is C[C@@H]1CN(CC(=O)N2CCOc3nc(CO)c(Cc4ccc(F)cc4)cc32)[C@@H](CN2CCOC[C@H]2C)CN1. The molecule has 3 atom stereocenters. The van der Waals surface area contributed by atoms with Gasteiger partial charge in [0, 0.05) is 44.3 Å². The van der Waals surface area contributed by atoms with Gasteiger partial charge in [-0.05, 0) is 49.6 Å². The average Bonchev–Trinajstić information content (AvgIpc) is 2.92. The van der Waals surface area contributed by atoms with Gasteiger partial charge in [0.15, 0.2) is 0 Å². The van der Waals surface area contributed by atoms with Crippen LogP contribution in [-0.2, 0) is 22.6 Å². The third-order valence-corrected chi connectivity index (χ3v) is 7.76. The van der Waals surface area contributed by atoms with E-state index in [1.54, 1.807) is 17.0 Å². The maximum absolute atomic E-state index is 13.8. The van der Waals surface area contributed by atoms with Crippen LogP contribution in [0, 0.1) is 5.82 Å². The summed E-state index contributed by atoms with van der Waals surface area (Å²) in [7, 11) is 0. The van der Waals surface area contributed by atoms with E-state index in [9.17, 15) is 14.3 Å². The lowest BCUT2D eigenvalue weighted by atomic mass is 10.0. The van der Waals surface area contributed by atoms with Gasteiger partial charge in [0.05, 0.1) is 38.6 Å². The van der Waals surface area contributed by atoms with Gasteiger partial charge in [-0.2, -0.15) is 0 Å². The van der Waals surface area contributed by atoms with Crippen LogP contribution in [-0.4, -0.2) is 103 Å². The molecule has 0 aliphatic carbocycles. The Morgan fingerprint density at radius 2 is 2.00 bits per heavy atom. The molecular weight excluding hydrogens is 489 g/mol. The van der Waals surface area contributed by atoms with Crippen molar-refractivity contribution in [2.24, 2.45) is 0 Å². The fourth-order valence-electron chi connectivity index (χ4n) is 5.55. The van der Waals surface area contributed by atoms with Crippen molar-refractivity contribution in [3.05, 3.63) is 53.0 Å². The molecule has 0 saturated carbocycles. The van der Waals surface area contributed by atoms with Gasteiger partial charge in [-0.3, -0.25) is 14.6 Å². The minimum absolute atomic E-state index is 0.00922. The molecule has 0 unspecified atom stereocenters. The summed E-state index contributed by atoms with van der Waals surface area (Å²) in [4.78, 5) is 24.8. The number of morpholine rings is 1. The Bertz CT molecular complexity index is 1120. The maximum atomic E-state index is 13.8. The Morgan fingerprint density at radius 1 is 1.18 bits per heavy atom. The molecule has 2 saturated heterocycles. The normalized spacial score (nSPS) is 24.6. The number of aromatic nitrogens is 1. The van der Waals surface area contributed by atoms with Crippen molar-refractivity contribution in [3.63, 3.8) is 0 Å². The van der Waals surface area contributed by atoms with Gasteiger partial charge in [-0.15, -0.1) is 0 Å². The molecule has 4 heterocycles. The van der Waals surface area contributed by atoms with E-state index in [0.717, 1.165) is 50.5 Å². The molecule has 0 spiro atoms. The highest BCUT2D eigenvalue weighted by Crippen LogP contribution is 2.33. The van der Waals surface area contributed by atoms with Gasteiger partial charge in [0.2, 0.25) is 11.8 Å². The van der Waals surface area contributed by atoms with Crippen molar-refractivity contribution in [2.45, 2.75) is 45.0 Å². The third kappa shape index (κ3) is 6.16. The van der Waals surface area contributed by atoms with E-state index >= 15 is 0 Å². The van der Waals surface area contributed by atoms with Gasteiger partial charge in [-0.1, -0.05) is 12.1 Å². The van der Waals surface area contributed by atoms with Crippen molar-refractivity contribution in [1.82, 2.24) is 20.1 Å². The molecule has 2 N–H and O–H groups in total. The monoisotopic (exact) mass is 527 g/mol. The number of nitrogens with one attached hydrogen (secondary N) is 1. The molecule has 1 aromatic carbocycles. The number of aliphatic hydroxyl groups excluding tert-OH is 1. The number of fused-ring (bicyclic) bond motifs is 1. The third-order valence-electron chi connectivity index (χ3n) is 7.76. The first-order valence-corrected chi connectivity index (χ1v) is 13.5. The lowest BCUT2D eigenvalue weighted by Crippen LogP contribution is -2.62. The first-order chi connectivity index (χ1) is 18.4. The number of anilines is 1. The molecule has 1 aromatic heterocycles. The number of carbonyl (C=O) groups excluding carboxylic acids is 1. The molecule has 10 heteroatoms. The van der Waals surface area contributed by atoms with Crippen molar-refractivity contribution in [1.29, 1.82) is 0 Å². The number of aliphatic hydroxyl groups is 1. The number of nitrogens with zero attached hydrogens (tertiary/aromatic N) is 4. The van der Waals surface area contributed by atoms with E-state index in [0.29, 0.717) is 55.5 Å². The Hall–Kier alpha value is -2.63. The summed E-state index contributed by atoms with van der Waals surface area (Å²) < 4.78 is 24.8. The fraction of sp³-hybridized carbons (Fsp3) is 0.571. The lowest BCUT2D eigenvalue weighted by Gasteiger charge is -2.44. The van der Waals surface area contributed by atoms with Gasteiger partial charge < -0.3 is 24.8 Å². The Labute approximate surface area is 223 Å². The zero-order chi connectivity index (χ0) is 26.6. The molecule has 3 aliphatic heterocycles. The lowest BCUT2D eigenvalue weighted by molar-refractivity contribution is -0.121. The van der Waals surface area contributed by atoms with Gasteiger partial charge >= 0.3 is 0 Å². The molecule has 9 nitrogen and oxygen atoms in total. The number of halogens is 1. The molecule has 5 rings (SSSR count). The number of amides is 1. The Kier molecular flexibility index (Phi) is 8.54. The van der Waals surface area contributed by atoms with E-state index in [1.165, 1.54) is 12.1 Å². The number of hydrogen-bond donors (Lipinski definition) is 2. The zero-order valence-electron chi connectivity index (χ0n) is 22.2. The first kappa shape index (κ1) is 27.0. The van der Waals surface area contributed by atoms with Crippen LogP contribution in [0.15, 0.2) is 30.3 Å². The number of benzene rings is 1. The van der Waals surface area contributed by atoms with Crippen LogP contribution in [0.3, 0.4) is 0 Å². The highest BCUT2D eigenvalue weighted by molar-refractivity contribution is 5.96. The minimum Gasteiger partial charge on any atom is -0.474 e. The molecule has 3 aliphatic rings. The molecule has 38 heavy (non-hydrogen) atoms. The summed E-state index contributed by atoms with van der Waals surface area (Å²) >= 11 is 0. The van der Waals surface area contributed by atoms with Crippen LogP contribution in [0.2, 0.25) is 0 Å². The van der Waals surface area contributed by atoms with Crippen molar-refractivity contribution in [2.75, 3.05) is 64.0 Å². The minimum atomic E-state index is -0.298. The Balaban J connectivity index is 1.34. The predicted octanol–water partition coefficient (Wildman–Crippen LogP) is 1.41. The van der Waals surface area contributed by atoms with Crippen LogP contribution >= 0.6 is 0 Å². The van der Waals surface area contributed by atoms with Crippen LogP contribution in [0.1, 0.15) is 30.7 Å². The maximum Gasteiger partial charge on any atom is 0.241 e. The van der Waals surface area contributed by atoms with Crippen molar-refractivity contribution >= 4 is 11.6 Å². The molecule has 206 valence electrons. The number of piperazine rings is 1. The Morgan fingerprint density at radius 3 is 2.76 bits per heavy atom. The first-order valence-electron chi connectivity index (χ1n) is 13.5. The van der Waals surface area contributed by atoms with Crippen LogP contribution in [0.25, 0.3) is 0 Å². The largest absolute Gasteiger partial charge is 0.474 e. The summed E-state index contributed by atoms with van der Waals surface area (Å²) in [5.41, 5.74) is 2.80. The quantitative estimate of drug-likeness (QED) is 0.559. The number of rotatable bonds is 7. The second kappa shape index (κ2) is 12.0. The highest BCUT2D eigenvalue weighted by atomic mass is 19.1. The average molecular weight is 528 g/mol. The van der Waals surface area contributed by atoms with E-state index < -0.39 is 0 Å². The van der Waals surface area contributed by atoms with Crippen LogP contribution < -0.4 is 15.0 Å². The number of carbonyl (C=O) groups is 1. The molecule has 0 radical (unpaired) electrons. The van der Waals surface area contributed by atoms with Crippen LogP contribution in [0.4, 0.5) is 10.1 Å². The van der Waals surface area contributed by atoms with E-state index in [2.05, 4.69) is 33.9 Å². The summed E-state index contributed by atoms with van der Waals surface area (Å²) in [5, 5.41) is 13.5. The number of hydrogen-bond acceptors (Lipinski definition) is 8. The molecular formula is C28H38FN5O4. The fourth-order valence-corrected chi connectivity index (χ4v) is 5.55. The summed E-state index contributed by atoms with van der Waals surface area (Å²) in [6.07, 6.45) is 0.466. The van der Waals surface area contributed by atoms with Gasteiger partial charge in [0.25, 0.3) is 0 Å². The second-order valence-electron chi connectivity index (χ2n) is 10.6. The summed E-state index contributed by atoms with van der Waals surface area (Å²) in [5.74, 6) is 0.0762. The van der Waals surface area contributed by atoms with E-state index in [1.807, 2.05) is 6.07 Å². The molecule has 1 amide bonds. The summed E-state index contributed by atoms with van der Waals surface area (Å²) in [6.45, 7) is 10.1.